The Hall–Kier alpha value is -2.96. The van der Waals surface area contributed by atoms with E-state index >= 15 is 0 Å². The second-order valence-electron chi connectivity index (χ2n) is 4.86. The minimum Gasteiger partial charge on any atom is -0.366 e. The molecule has 2 aromatic heterocycles. The van der Waals surface area contributed by atoms with Crippen LogP contribution in [0.5, 0.6) is 0 Å². The molecular weight excluding hydrogens is 323 g/mol. The molecule has 7 nitrogen and oxygen atoms in total. The summed E-state index contributed by atoms with van der Waals surface area (Å²) in [5, 5.41) is 22.6. The first-order valence-electron chi connectivity index (χ1n) is 6.95. The lowest BCUT2D eigenvalue weighted by molar-refractivity contribution is -0.141. The summed E-state index contributed by atoms with van der Waals surface area (Å²) in [5.74, 6) is 0.200. The molecule has 0 saturated heterocycles. The van der Waals surface area contributed by atoms with Crippen LogP contribution in [-0.4, -0.2) is 33.3 Å². The number of aromatic nitrogens is 4. The van der Waals surface area contributed by atoms with E-state index < -0.39 is 11.9 Å². The molecule has 0 aromatic carbocycles. The minimum atomic E-state index is -4.52. The van der Waals surface area contributed by atoms with Gasteiger partial charge in [-0.3, -0.25) is 0 Å². The van der Waals surface area contributed by atoms with Crippen molar-refractivity contribution in [2.24, 2.45) is 0 Å². The first-order valence-corrected chi connectivity index (χ1v) is 6.95. The first kappa shape index (κ1) is 17.4. The van der Waals surface area contributed by atoms with E-state index in [-0.39, 0.29) is 12.5 Å². The highest BCUT2D eigenvalue weighted by atomic mass is 19.4. The average molecular weight is 337 g/mol. The van der Waals surface area contributed by atoms with Gasteiger partial charge in [0.15, 0.2) is 5.82 Å². The molecule has 0 aliphatic heterocycles. The van der Waals surface area contributed by atoms with Crippen molar-refractivity contribution in [2.45, 2.75) is 20.0 Å². The Kier molecular flexibility index (Phi) is 5.13. The van der Waals surface area contributed by atoms with Gasteiger partial charge in [0.05, 0.1) is 5.69 Å². The zero-order valence-corrected chi connectivity index (χ0v) is 12.9. The topological polar surface area (TPSA) is 99.4 Å². The predicted molar refractivity (Wildman–Crippen MR) is 80.2 cm³/mol. The van der Waals surface area contributed by atoms with Crippen LogP contribution >= 0.6 is 0 Å². The van der Waals surface area contributed by atoms with Crippen molar-refractivity contribution >= 4 is 11.8 Å². The van der Waals surface area contributed by atoms with Gasteiger partial charge in [-0.1, -0.05) is 0 Å². The number of alkyl halides is 3. The Labute approximate surface area is 136 Å². The van der Waals surface area contributed by atoms with Gasteiger partial charge in [-0.25, -0.2) is 9.97 Å². The molecule has 0 aliphatic carbocycles. The molecule has 0 aliphatic rings. The van der Waals surface area contributed by atoms with Crippen molar-refractivity contribution < 1.29 is 13.2 Å². The fourth-order valence-electron chi connectivity index (χ4n) is 1.83. The molecule has 0 fully saturated rings. The SMILES string of the molecule is Cc1nnc(NCCNc2nccc(C(F)(F)F)n2)c(C#N)c1C. The van der Waals surface area contributed by atoms with Gasteiger partial charge < -0.3 is 10.6 Å². The van der Waals surface area contributed by atoms with Gasteiger partial charge >= 0.3 is 6.18 Å². The second-order valence-corrected chi connectivity index (χ2v) is 4.86. The fraction of sp³-hybridized carbons (Fsp3) is 0.357. The summed E-state index contributed by atoms with van der Waals surface area (Å²) in [5.41, 5.74) is 0.759. The molecule has 0 spiro atoms. The summed E-state index contributed by atoms with van der Waals surface area (Å²) in [7, 11) is 0. The van der Waals surface area contributed by atoms with E-state index in [9.17, 15) is 13.2 Å². The van der Waals surface area contributed by atoms with Crippen molar-refractivity contribution in [3.8, 4) is 6.07 Å². The summed E-state index contributed by atoms with van der Waals surface area (Å²) in [6, 6.07) is 2.85. The average Bonchev–Trinajstić information content (AvgIpc) is 2.54. The van der Waals surface area contributed by atoms with Gasteiger partial charge in [-0.15, -0.1) is 5.10 Å². The van der Waals surface area contributed by atoms with E-state index in [1.165, 1.54) is 0 Å². The standard InChI is InChI=1S/C14H14F3N7/c1-8-9(2)23-24-12(10(8)7-18)19-5-6-21-13-20-4-3-11(22-13)14(15,16)17/h3-4H,5-6H2,1-2H3,(H,19,24)(H,20,21,22). The van der Waals surface area contributed by atoms with Crippen LogP contribution in [0.25, 0.3) is 0 Å². The van der Waals surface area contributed by atoms with Gasteiger partial charge in [-0.05, 0) is 25.5 Å². The number of hydrogen-bond donors (Lipinski definition) is 2. The van der Waals surface area contributed by atoms with Gasteiger partial charge in [0.25, 0.3) is 0 Å². The van der Waals surface area contributed by atoms with Crippen LogP contribution in [0, 0.1) is 25.2 Å². The number of anilines is 2. The number of nitriles is 1. The highest BCUT2D eigenvalue weighted by Gasteiger charge is 2.32. The molecule has 10 heteroatoms. The van der Waals surface area contributed by atoms with Crippen LogP contribution in [0.2, 0.25) is 0 Å². The van der Waals surface area contributed by atoms with Crippen LogP contribution < -0.4 is 10.6 Å². The summed E-state index contributed by atoms with van der Waals surface area (Å²) in [6.45, 7) is 4.05. The quantitative estimate of drug-likeness (QED) is 0.808. The molecular formula is C14H14F3N7. The highest BCUT2D eigenvalue weighted by molar-refractivity contribution is 5.55. The van der Waals surface area contributed by atoms with Gasteiger partial charge in [0, 0.05) is 19.3 Å². The van der Waals surface area contributed by atoms with E-state index in [4.69, 9.17) is 5.26 Å². The minimum absolute atomic E-state index is 0.127. The number of nitrogens with zero attached hydrogens (tertiary/aromatic N) is 5. The van der Waals surface area contributed by atoms with Crippen LogP contribution in [-0.2, 0) is 6.18 Å². The molecule has 0 radical (unpaired) electrons. The molecule has 2 N–H and O–H groups in total. The van der Waals surface area contributed by atoms with Crippen LogP contribution in [0.4, 0.5) is 24.9 Å². The van der Waals surface area contributed by atoms with E-state index in [2.05, 4.69) is 36.9 Å². The number of aryl methyl sites for hydroxylation is 1. The summed E-state index contributed by atoms with van der Waals surface area (Å²) in [6.07, 6.45) is -3.48. The third-order valence-electron chi connectivity index (χ3n) is 3.21. The molecule has 0 bridgehead atoms. The third kappa shape index (κ3) is 4.07. The molecule has 0 atom stereocenters. The number of halogens is 3. The highest BCUT2D eigenvalue weighted by Crippen LogP contribution is 2.27. The smallest absolute Gasteiger partial charge is 0.366 e. The molecule has 2 heterocycles. The number of hydrogen-bond acceptors (Lipinski definition) is 7. The van der Waals surface area contributed by atoms with Crippen LogP contribution in [0.1, 0.15) is 22.5 Å². The van der Waals surface area contributed by atoms with Crippen molar-refractivity contribution in [3.05, 3.63) is 34.8 Å². The Morgan fingerprint density at radius 1 is 1.17 bits per heavy atom. The maximum absolute atomic E-state index is 12.6. The summed E-state index contributed by atoms with van der Waals surface area (Å²) in [4.78, 5) is 7.12. The normalized spacial score (nSPS) is 11.0. The second kappa shape index (κ2) is 7.08. The van der Waals surface area contributed by atoms with E-state index in [1.807, 2.05) is 0 Å². The number of nitrogens with one attached hydrogen (secondary N) is 2. The van der Waals surface area contributed by atoms with Gasteiger partial charge in [0.2, 0.25) is 5.95 Å². The molecule has 0 saturated carbocycles. The predicted octanol–water partition coefficient (Wildman–Crippen LogP) is 2.30. The van der Waals surface area contributed by atoms with Crippen molar-refractivity contribution in [1.29, 1.82) is 5.26 Å². The van der Waals surface area contributed by atoms with E-state index in [1.54, 1.807) is 13.8 Å². The molecule has 126 valence electrons. The molecule has 2 rings (SSSR count). The van der Waals surface area contributed by atoms with Gasteiger partial charge in [0.1, 0.15) is 17.3 Å². The fourth-order valence-corrected chi connectivity index (χ4v) is 1.83. The maximum atomic E-state index is 12.6. The maximum Gasteiger partial charge on any atom is 0.433 e. The van der Waals surface area contributed by atoms with E-state index in [0.29, 0.717) is 23.6 Å². The van der Waals surface area contributed by atoms with Crippen LogP contribution in [0.3, 0.4) is 0 Å². The number of rotatable bonds is 5. The zero-order valence-electron chi connectivity index (χ0n) is 12.9. The molecule has 24 heavy (non-hydrogen) atoms. The van der Waals surface area contributed by atoms with Crippen molar-refractivity contribution in [2.75, 3.05) is 23.7 Å². The molecule has 0 amide bonds. The largest absolute Gasteiger partial charge is 0.433 e. The first-order chi connectivity index (χ1) is 11.3. The van der Waals surface area contributed by atoms with Crippen LogP contribution in [0.15, 0.2) is 12.3 Å². The third-order valence-corrected chi connectivity index (χ3v) is 3.21. The van der Waals surface area contributed by atoms with Crippen molar-refractivity contribution in [1.82, 2.24) is 20.2 Å². The lowest BCUT2D eigenvalue weighted by atomic mass is 10.1. The Balaban J connectivity index is 1.95. The summed E-state index contributed by atoms with van der Waals surface area (Å²) >= 11 is 0. The zero-order chi connectivity index (χ0) is 17.7. The Bertz CT molecular complexity index is 768. The van der Waals surface area contributed by atoms with E-state index in [0.717, 1.165) is 17.8 Å². The molecule has 0 unspecified atom stereocenters. The van der Waals surface area contributed by atoms with Crippen molar-refractivity contribution in [3.63, 3.8) is 0 Å². The van der Waals surface area contributed by atoms with Gasteiger partial charge in [-0.2, -0.15) is 23.5 Å². The lowest BCUT2D eigenvalue weighted by Gasteiger charge is -2.11. The Morgan fingerprint density at radius 2 is 1.88 bits per heavy atom. The summed E-state index contributed by atoms with van der Waals surface area (Å²) < 4.78 is 37.7. The monoisotopic (exact) mass is 337 g/mol. The molecule has 2 aromatic rings. The lowest BCUT2D eigenvalue weighted by Crippen LogP contribution is -2.18. The Morgan fingerprint density at radius 3 is 2.54 bits per heavy atom.